The summed E-state index contributed by atoms with van der Waals surface area (Å²) in [6.45, 7) is 0.135. The van der Waals surface area contributed by atoms with E-state index in [0.717, 1.165) is 18.4 Å². The minimum atomic E-state index is -1.04. The van der Waals surface area contributed by atoms with Crippen LogP contribution in [-0.2, 0) is 5.41 Å². The average molecular weight is 272 g/mol. The van der Waals surface area contributed by atoms with Crippen molar-refractivity contribution in [3.05, 3.63) is 45.8 Å². The molecule has 6 heteroatoms. The Morgan fingerprint density at radius 3 is 2.80 bits per heavy atom. The smallest absolute Gasteiger partial charge is 0.105 e. The zero-order valence-electron chi connectivity index (χ0n) is 11.0. The van der Waals surface area contributed by atoms with E-state index < -0.39 is 17.6 Å². The molecule has 2 rings (SSSR count). The molecule has 0 spiro atoms. The fraction of sp³-hybridized carbons (Fsp3) is 0.500. The summed E-state index contributed by atoms with van der Waals surface area (Å²) in [6, 6.07) is 9.46. The first kappa shape index (κ1) is 14.4. The Hall–Kier alpha value is -2.06. The third-order valence-electron chi connectivity index (χ3n) is 3.70. The standard InChI is InChI=1S/C14H16N4O2/c15-9-14(5-6-14)11-3-1-2-10(8-11)13(20)12(19)4-7-17-18-16/h1-3,8,12-13,19-20H,4-7H2. The van der Waals surface area contributed by atoms with Crippen LogP contribution in [0.25, 0.3) is 10.4 Å². The first-order valence-corrected chi connectivity index (χ1v) is 6.51. The second-order valence-corrected chi connectivity index (χ2v) is 5.07. The number of aliphatic hydroxyl groups excluding tert-OH is 2. The number of aliphatic hydroxyl groups is 2. The van der Waals surface area contributed by atoms with Gasteiger partial charge in [0.25, 0.3) is 0 Å². The van der Waals surface area contributed by atoms with Crippen LogP contribution < -0.4 is 0 Å². The van der Waals surface area contributed by atoms with Gasteiger partial charge >= 0.3 is 0 Å². The van der Waals surface area contributed by atoms with Gasteiger partial charge in [-0.2, -0.15) is 5.26 Å². The molecule has 2 atom stereocenters. The summed E-state index contributed by atoms with van der Waals surface area (Å²) in [5, 5.41) is 32.5. The van der Waals surface area contributed by atoms with E-state index in [1.165, 1.54) is 0 Å². The van der Waals surface area contributed by atoms with Gasteiger partial charge in [0.1, 0.15) is 6.10 Å². The fourth-order valence-corrected chi connectivity index (χ4v) is 2.23. The molecule has 1 aliphatic rings. The number of hydrogen-bond acceptors (Lipinski definition) is 4. The van der Waals surface area contributed by atoms with Crippen LogP contribution in [0.5, 0.6) is 0 Å². The van der Waals surface area contributed by atoms with Gasteiger partial charge in [0.2, 0.25) is 0 Å². The molecule has 1 aromatic rings. The molecule has 6 nitrogen and oxygen atoms in total. The number of nitrogens with zero attached hydrogens (tertiary/aromatic N) is 4. The third kappa shape index (κ3) is 2.91. The predicted molar refractivity (Wildman–Crippen MR) is 72.6 cm³/mol. The van der Waals surface area contributed by atoms with Crippen LogP contribution in [0.3, 0.4) is 0 Å². The Balaban J connectivity index is 2.10. The van der Waals surface area contributed by atoms with Gasteiger partial charge in [0, 0.05) is 11.5 Å². The second-order valence-electron chi connectivity index (χ2n) is 5.07. The van der Waals surface area contributed by atoms with E-state index in [9.17, 15) is 15.5 Å². The number of nitriles is 1. The molecule has 0 aromatic heterocycles. The van der Waals surface area contributed by atoms with E-state index in [2.05, 4.69) is 16.1 Å². The summed E-state index contributed by atoms with van der Waals surface area (Å²) in [5.41, 5.74) is 9.24. The van der Waals surface area contributed by atoms with Crippen LogP contribution in [-0.4, -0.2) is 22.9 Å². The summed E-state index contributed by atoms with van der Waals surface area (Å²) < 4.78 is 0. The lowest BCUT2D eigenvalue weighted by molar-refractivity contribution is 0.0150. The molecule has 2 N–H and O–H groups in total. The van der Waals surface area contributed by atoms with E-state index in [4.69, 9.17) is 5.53 Å². The molecule has 1 aliphatic carbocycles. The maximum Gasteiger partial charge on any atom is 0.105 e. The fourth-order valence-electron chi connectivity index (χ4n) is 2.23. The lowest BCUT2D eigenvalue weighted by atomic mass is 9.93. The lowest BCUT2D eigenvalue weighted by Crippen LogP contribution is -2.19. The van der Waals surface area contributed by atoms with Crippen LogP contribution in [0.1, 0.15) is 36.5 Å². The SMILES string of the molecule is N#CC1(c2cccc(C(O)C(O)CCN=[N+]=[N-])c2)CC1. The van der Waals surface area contributed by atoms with Crippen molar-refractivity contribution in [1.82, 2.24) is 0 Å². The average Bonchev–Trinajstić information content (AvgIpc) is 3.28. The van der Waals surface area contributed by atoms with Gasteiger partial charge in [-0.3, -0.25) is 0 Å². The van der Waals surface area contributed by atoms with Crippen LogP contribution >= 0.6 is 0 Å². The Bertz CT molecular complexity index is 571. The molecule has 2 unspecified atom stereocenters. The summed E-state index contributed by atoms with van der Waals surface area (Å²) in [4.78, 5) is 2.60. The van der Waals surface area contributed by atoms with Crippen molar-refractivity contribution in [1.29, 1.82) is 5.26 Å². The van der Waals surface area contributed by atoms with Gasteiger partial charge in [-0.05, 0) is 35.9 Å². The van der Waals surface area contributed by atoms with E-state index in [1.54, 1.807) is 18.2 Å². The van der Waals surface area contributed by atoms with Crippen LogP contribution in [0, 0.1) is 11.3 Å². The molecule has 1 aromatic carbocycles. The van der Waals surface area contributed by atoms with E-state index in [0.29, 0.717) is 5.56 Å². The monoisotopic (exact) mass is 272 g/mol. The van der Waals surface area contributed by atoms with Crippen molar-refractivity contribution < 1.29 is 10.2 Å². The molecule has 0 amide bonds. The van der Waals surface area contributed by atoms with Gasteiger partial charge in [-0.25, -0.2) is 0 Å². The number of hydrogen-bond donors (Lipinski definition) is 2. The highest BCUT2D eigenvalue weighted by Gasteiger charge is 2.45. The molecule has 0 saturated heterocycles. The minimum absolute atomic E-state index is 0.135. The summed E-state index contributed by atoms with van der Waals surface area (Å²) in [6.07, 6.45) is -0.171. The molecule has 0 radical (unpaired) electrons. The highest BCUT2D eigenvalue weighted by Crippen LogP contribution is 2.47. The number of azide groups is 1. The summed E-state index contributed by atoms with van der Waals surface area (Å²) in [7, 11) is 0. The molecule has 0 aliphatic heterocycles. The molecular formula is C14H16N4O2. The van der Waals surface area contributed by atoms with Crippen molar-refractivity contribution in [2.75, 3.05) is 6.54 Å². The molecular weight excluding hydrogens is 256 g/mol. The Morgan fingerprint density at radius 2 is 2.20 bits per heavy atom. The zero-order chi connectivity index (χ0) is 14.6. The van der Waals surface area contributed by atoms with Gasteiger partial charge in [-0.15, -0.1) is 0 Å². The van der Waals surface area contributed by atoms with Crippen LogP contribution in [0.4, 0.5) is 0 Å². The van der Waals surface area contributed by atoms with Gasteiger partial charge in [0.15, 0.2) is 0 Å². The quantitative estimate of drug-likeness (QED) is 0.470. The second kappa shape index (κ2) is 5.93. The van der Waals surface area contributed by atoms with Crippen molar-refractivity contribution in [3.63, 3.8) is 0 Å². The first-order valence-electron chi connectivity index (χ1n) is 6.51. The highest BCUT2D eigenvalue weighted by atomic mass is 16.3. The molecule has 1 fully saturated rings. The summed E-state index contributed by atoms with van der Waals surface area (Å²) >= 11 is 0. The van der Waals surface area contributed by atoms with Gasteiger partial charge < -0.3 is 10.2 Å². The van der Waals surface area contributed by atoms with Crippen molar-refractivity contribution in [2.45, 2.75) is 36.9 Å². The van der Waals surface area contributed by atoms with E-state index in [1.807, 2.05) is 6.07 Å². The molecule has 104 valence electrons. The van der Waals surface area contributed by atoms with E-state index >= 15 is 0 Å². The van der Waals surface area contributed by atoms with Gasteiger partial charge in [-0.1, -0.05) is 29.4 Å². The molecule has 0 heterocycles. The van der Waals surface area contributed by atoms with Crippen LogP contribution in [0.15, 0.2) is 29.4 Å². The molecule has 20 heavy (non-hydrogen) atoms. The Kier molecular flexibility index (Phi) is 4.26. The topological polar surface area (TPSA) is 113 Å². The van der Waals surface area contributed by atoms with Crippen LogP contribution in [0.2, 0.25) is 0 Å². The zero-order valence-corrected chi connectivity index (χ0v) is 11.0. The molecule has 0 bridgehead atoms. The normalized spacial score (nSPS) is 18.4. The van der Waals surface area contributed by atoms with Crippen molar-refractivity contribution >= 4 is 0 Å². The summed E-state index contributed by atoms with van der Waals surface area (Å²) in [5.74, 6) is 0. The van der Waals surface area contributed by atoms with Crippen molar-refractivity contribution in [2.24, 2.45) is 5.11 Å². The maximum atomic E-state index is 10.1. The Labute approximate surface area is 116 Å². The lowest BCUT2D eigenvalue weighted by Gasteiger charge is -2.18. The first-order chi connectivity index (χ1) is 9.63. The van der Waals surface area contributed by atoms with E-state index in [-0.39, 0.29) is 13.0 Å². The largest absolute Gasteiger partial charge is 0.390 e. The Morgan fingerprint density at radius 1 is 1.45 bits per heavy atom. The number of rotatable bonds is 6. The third-order valence-corrected chi connectivity index (χ3v) is 3.70. The maximum absolute atomic E-state index is 10.1. The predicted octanol–water partition coefficient (Wildman–Crippen LogP) is 2.34. The number of benzene rings is 1. The van der Waals surface area contributed by atoms with Crippen molar-refractivity contribution in [3.8, 4) is 6.07 Å². The minimum Gasteiger partial charge on any atom is -0.390 e. The molecule has 1 saturated carbocycles. The van der Waals surface area contributed by atoms with Gasteiger partial charge in [0.05, 0.1) is 17.6 Å². The highest BCUT2D eigenvalue weighted by molar-refractivity contribution is 5.41.